The molecular formula is C17H24N4S. The first kappa shape index (κ1) is 17.9. The molecule has 5 heteroatoms. The zero-order chi connectivity index (χ0) is 16.4. The molecule has 0 saturated heterocycles. The Bertz CT molecular complexity index is 564. The molecule has 0 amide bonds. The van der Waals surface area contributed by atoms with Crippen molar-refractivity contribution in [3.8, 4) is 0 Å². The van der Waals surface area contributed by atoms with Crippen LogP contribution >= 0.6 is 12.2 Å². The van der Waals surface area contributed by atoms with E-state index in [1.165, 1.54) is 0 Å². The fourth-order valence-electron chi connectivity index (χ4n) is 1.92. The van der Waals surface area contributed by atoms with Crippen molar-refractivity contribution in [2.75, 3.05) is 24.3 Å². The molecule has 1 rings (SSSR count). The number of aryl methyl sites for hydroxylation is 1. The average molecular weight is 316 g/mol. The maximum atomic E-state index is 5.30. The summed E-state index contributed by atoms with van der Waals surface area (Å²) in [7, 11) is 1.84. The summed E-state index contributed by atoms with van der Waals surface area (Å²) in [4.78, 5) is 0. The second-order valence-corrected chi connectivity index (χ2v) is 5.13. The SMILES string of the molecule is C=C/C=C(\C=C)CCNC(=S)Nc1ccc(NNC)c(C)c1. The third-order valence-corrected chi connectivity index (χ3v) is 3.28. The van der Waals surface area contributed by atoms with Crippen LogP contribution < -0.4 is 21.5 Å². The molecule has 22 heavy (non-hydrogen) atoms. The molecule has 0 aromatic heterocycles. The normalized spacial score (nSPS) is 10.7. The van der Waals surface area contributed by atoms with Crippen LogP contribution in [0.5, 0.6) is 0 Å². The van der Waals surface area contributed by atoms with Crippen molar-refractivity contribution in [2.45, 2.75) is 13.3 Å². The fourth-order valence-corrected chi connectivity index (χ4v) is 2.14. The summed E-state index contributed by atoms with van der Waals surface area (Å²) < 4.78 is 0. The lowest BCUT2D eigenvalue weighted by Gasteiger charge is -2.13. The highest BCUT2D eigenvalue weighted by atomic mass is 32.1. The Balaban J connectivity index is 2.48. The van der Waals surface area contributed by atoms with Gasteiger partial charge in [-0.1, -0.05) is 31.4 Å². The largest absolute Gasteiger partial charge is 0.362 e. The number of anilines is 2. The minimum Gasteiger partial charge on any atom is -0.362 e. The molecule has 0 aliphatic rings. The second kappa shape index (κ2) is 9.76. The van der Waals surface area contributed by atoms with Crippen molar-refractivity contribution in [3.05, 3.63) is 60.7 Å². The highest BCUT2D eigenvalue weighted by Gasteiger charge is 2.01. The van der Waals surface area contributed by atoms with Crippen LogP contribution in [0.25, 0.3) is 0 Å². The highest BCUT2D eigenvalue weighted by molar-refractivity contribution is 7.80. The number of rotatable bonds is 8. The molecule has 4 N–H and O–H groups in total. The summed E-state index contributed by atoms with van der Waals surface area (Å²) in [5, 5.41) is 6.97. The second-order valence-electron chi connectivity index (χ2n) is 4.72. The minimum absolute atomic E-state index is 0.607. The van der Waals surface area contributed by atoms with Crippen LogP contribution in [0.2, 0.25) is 0 Å². The lowest BCUT2D eigenvalue weighted by Crippen LogP contribution is -2.29. The van der Waals surface area contributed by atoms with Crippen LogP contribution in [0.15, 0.2) is 55.2 Å². The van der Waals surface area contributed by atoms with Crippen molar-refractivity contribution in [3.63, 3.8) is 0 Å². The van der Waals surface area contributed by atoms with Crippen LogP contribution in [0.3, 0.4) is 0 Å². The van der Waals surface area contributed by atoms with E-state index in [0.29, 0.717) is 5.11 Å². The summed E-state index contributed by atoms with van der Waals surface area (Å²) in [5.41, 5.74) is 10.2. The van der Waals surface area contributed by atoms with Gasteiger partial charge in [-0.05, 0) is 54.9 Å². The Morgan fingerprint density at radius 1 is 1.32 bits per heavy atom. The van der Waals surface area contributed by atoms with Gasteiger partial charge in [0, 0.05) is 19.3 Å². The van der Waals surface area contributed by atoms with E-state index in [0.717, 1.165) is 35.5 Å². The lowest BCUT2D eigenvalue weighted by molar-refractivity contribution is 0.877. The maximum Gasteiger partial charge on any atom is 0.170 e. The predicted molar refractivity (Wildman–Crippen MR) is 101 cm³/mol. The molecule has 1 aromatic rings. The fraction of sp³-hybridized carbons (Fsp3) is 0.235. The van der Waals surface area contributed by atoms with Gasteiger partial charge in [-0.25, -0.2) is 5.43 Å². The first-order valence-electron chi connectivity index (χ1n) is 7.13. The average Bonchev–Trinajstić information content (AvgIpc) is 2.49. The summed E-state index contributed by atoms with van der Waals surface area (Å²) in [6, 6.07) is 6.02. The Morgan fingerprint density at radius 2 is 2.09 bits per heavy atom. The van der Waals surface area contributed by atoms with Crippen molar-refractivity contribution < 1.29 is 0 Å². The maximum absolute atomic E-state index is 5.30. The lowest BCUT2D eigenvalue weighted by atomic mass is 10.1. The Kier molecular flexibility index (Phi) is 7.96. The van der Waals surface area contributed by atoms with E-state index in [1.807, 2.05) is 44.3 Å². The van der Waals surface area contributed by atoms with Gasteiger partial charge < -0.3 is 16.1 Å². The molecule has 0 aliphatic carbocycles. The molecular weight excluding hydrogens is 292 g/mol. The van der Waals surface area contributed by atoms with Gasteiger partial charge in [-0.15, -0.1) is 0 Å². The number of hydrogen-bond acceptors (Lipinski definition) is 3. The van der Waals surface area contributed by atoms with Gasteiger partial charge in [-0.3, -0.25) is 0 Å². The summed E-state index contributed by atoms with van der Waals surface area (Å²) >= 11 is 5.30. The molecule has 0 saturated carbocycles. The number of hydrogen-bond donors (Lipinski definition) is 4. The van der Waals surface area contributed by atoms with E-state index in [9.17, 15) is 0 Å². The molecule has 1 aromatic carbocycles. The molecule has 0 atom stereocenters. The van der Waals surface area contributed by atoms with Crippen LogP contribution in [-0.4, -0.2) is 18.7 Å². The first-order valence-corrected chi connectivity index (χ1v) is 7.53. The van der Waals surface area contributed by atoms with Crippen molar-refractivity contribution in [1.82, 2.24) is 10.7 Å². The number of nitrogens with one attached hydrogen (secondary N) is 4. The van der Waals surface area contributed by atoms with E-state index in [4.69, 9.17) is 12.2 Å². The van der Waals surface area contributed by atoms with Crippen molar-refractivity contribution in [2.24, 2.45) is 0 Å². The minimum atomic E-state index is 0.607. The third-order valence-electron chi connectivity index (χ3n) is 3.04. The Morgan fingerprint density at radius 3 is 2.68 bits per heavy atom. The molecule has 0 spiro atoms. The highest BCUT2D eigenvalue weighted by Crippen LogP contribution is 2.18. The van der Waals surface area contributed by atoms with Gasteiger partial charge in [-0.2, -0.15) is 0 Å². The number of hydrazine groups is 1. The third kappa shape index (κ3) is 6.11. The topological polar surface area (TPSA) is 48.1 Å². The Hall–Kier alpha value is -2.11. The Labute approximate surface area is 138 Å². The summed E-state index contributed by atoms with van der Waals surface area (Å²) in [6.45, 7) is 10.2. The number of thiocarbonyl (C=S) groups is 1. The van der Waals surface area contributed by atoms with E-state index in [2.05, 4.69) is 34.6 Å². The van der Waals surface area contributed by atoms with Gasteiger partial charge in [0.15, 0.2) is 5.11 Å². The van der Waals surface area contributed by atoms with E-state index in [-0.39, 0.29) is 0 Å². The van der Waals surface area contributed by atoms with E-state index < -0.39 is 0 Å². The summed E-state index contributed by atoms with van der Waals surface area (Å²) in [6.07, 6.45) is 6.39. The van der Waals surface area contributed by atoms with Crippen LogP contribution in [0, 0.1) is 6.92 Å². The monoisotopic (exact) mass is 316 g/mol. The summed E-state index contributed by atoms with van der Waals surface area (Å²) in [5.74, 6) is 0. The molecule has 0 heterocycles. The van der Waals surface area contributed by atoms with Crippen LogP contribution in [-0.2, 0) is 0 Å². The van der Waals surface area contributed by atoms with Gasteiger partial charge in [0.25, 0.3) is 0 Å². The van der Waals surface area contributed by atoms with Crippen molar-refractivity contribution in [1.29, 1.82) is 0 Å². The zero-order valence-electron chi connectivity index (χ0n) is 13.2. The van der Waals surface area contributed by atoms with Gasteiger partial charge in [0.1, 0.15) is 0 Å². The predicted octanol–water partition coefficient (Wildman–Crippen LogP) is 3.52. The molecule has 4 nitrogen and oxygen atoms in total. The molecule has 0 unspecified atom stereocenters. The van der Waals surface area contributed by atoms with Gasteiger partial charge in [0.05, 0.1) is 5.69 Å². The zero-order valence-corrected chi connectivity index (χ0v) is 14.0. The van der Waals surface area contributed by atoms with E-state index in [1.54, 1.807) is 6.08 Å². The van der Waals surface area contributed by atoms with Gasteiger partial charge >= 0.3 is 0 Å². The molecule has 0 fully saturated rings. The van der Waals surface area contributed by atoms with E-state index >= 15 is 0 Å². The first-order chi connectivity index (χ1) is 10.6. The quantitative estimate of drug-likeness (QED) is 0.336. The number of allylic oxidation sites excluding steroid dienone is 3. The van der Waals surface area contributed by atoms with Crippen LogP contribution in [0.4, 0.5) is 11.4 Å². The molecule has 0 bridgehead atoms. The standard InChI is InChI=1S/C17H24N4S/c1-5-7-14(6-2)10-11-19-17(22)20-15-8-9-16(21-18-4)13(3)12-15/h5-9,12,18,21H,1-2,10-11H2,3-4H3,(H2,19,20,22)/b14-7+. The van der Waals surface area contributed by atoms with Crippen molar-refractivity contribution >= 4 is 28.7 Å². The molecule has 0 radical (unpaired) electrons. The molecule has 118 valence electrons. The van der Waals surface area contributed by atoms with Crippen LogP contribution in [0.1, 0.15) is 12.0 Å². The number of benzene rings is 1. The smallest absolute Gasteiger partial charge is 0.170 e. The van der Waals surface area contributed by atoms with Gasteiger partial charge in [0.2, 0.25) is 0 Å². The molecule has 0 aliphatic heterocycles.